The highest BCUT2D eigenvalue weighted by Crippen LogP contribution is 2.33. The van der Waals surface area contributed by atoms with Crippen LogP contribution in [-0.2, 0) is 0 Å². The van der Waals surface area contributed by atoms with E-state index in [0.29, 0.717) is 19.2 Å². The van der Waals surface area contributed by atoms with Crippen LogP contribution in [0.5, 0.6) is 5.75 Å². The third-order valence-electron chi connectivity index (χ3n) is 4.48. The van der Waals surface area contributed by atoms with E-state index in [0.717, 1.165) is 34.3 Å². The Morgan fingerprint density at radius 1 is 1.28 bits per heavy atom. The summed E-state index contributed by atoms with van der Waals surface area (Å²) in [7, 11) is 3.57. The lowest BCUT2D eigenvalue weighted by atomic mass is 10.1. The van der Waals surface area contributed by atoms with Crippen LogP contribution in [0.4, 0.5) is 23.1 Å². The SMILES string of the molecule is COc1cc(Nc2nc(C)cc(N(C)CC(C)(C)O)n2)ccc1N1C=C(C)NC1. The van der Waals surface area contributed by atoms with E-state index in [2.05, 4.69) is 31.7 Å². The average molecular weight is 399 g/mol. The van der Waals surface area contributed by atoms with Gasteiger partial charge in [0.25, 0.3) is 0 Å². The van der Waals surface area contributed by atoms with Crippen LogP contribution >= 0.6 is 0 Å². The second-order valence-electron chi connectivity index (χ2n) is 7.99. The van der Waals surface area contributed by atoms with Crippen molar-refractivity contribution in [2.75, 3.05) is 42.5 Å². The Morgan fingerprint density at radius 3 is 2.66 bits per heavy atom. The first-order chi connectivity index (χ1) is 13.6. The first-order valence-electron chi connectivity index (χ1n) is 9.58. The zero-order valence-corrected chi connectivity index (χ0v) is 17.9. The van der Waals surface area contributed by atoms with Crippen molar-refractivity contribution in [2.24, 2.45) is 0 Å². The molecule has 8 heteroatoms. The van der Waals surface area contributed by atoms with Gasteiger partial charge in [-0.1, -0.05) is 0 Å². The molecule has 0 amide bonds. The van der Waals surface area contributed by atoms with Crippen LogP contribution < -0.4 is 25.2 Å². The Bertz CT molecular complexity index is 907. The van der Waals surface area contributed by atoms with Gasteiger partial charge in [0.1, 0.15) is 11.6 Å². The number of aromatic nitrogens is 2. The standard InChI is InChI=1S/C21H30N6O2/c1-14-9-19(26(5)12-21(3,4)28)25-20(23-14)24-16-7-8-17(18(10-16)29-6)27-11-15(2)22-13-27/h7-11,22,28H,12-13H2,1-6H3,(H,23,24,25). The monoisotopic (exact) mass is 398 g/mol. The highest BCUT2D eigenvalue weighted by atomic mass is 16.5. The highest BCUT2D eigenvalue weighted by molar-refractivity contribution is 5.69. The molecule has 0 atom stereocenters. The van der Waals surface area contributed by atoms with Crippen LogP contribution in [-0.4, -0.2) is 48.0 Å². The molecular formula is C21H30N6O2. The molecule has 0 radical (unpaired) electrons. The molecule has 0 unspecified atom stereocenters. The summed E-state index contributed by atoms with van der Waals surface area (Å²) < 4.78 is 5.60. The number of aliphatic hydroxyl groups is 1. The number of aryl methyl sites for hydroxylation is 1. The molecular weight excluding hydrogens is 368 g/mol. The van der Waals surface area contributed by atoms with Crippen molar-refractivity contribution in [3.63, 3.8) is 0 Å². The van der Waals surface area contributed by atoms with Crippen LogP contribution in [0.2, 0.25) is 0 Å². The number of rotatable bonds is 7. The largest absolute Gasteiger partial charge is 0.494 e. The predicted octanol–water partition coefficient (Wildman–Crippen LogP) is 2.97. The van der Waals surface area contributed by atoms with E-state index in [9.17, 15) is 5.11 Å². The van der Waals surface area contributed by atoms with Crippen molar-refractivity contribution in [1.29, 1.82) is 0 Å². The van der Waals surface area contributed by atoms with Gasteiger partial charge < -0.3 is 30.3 Å². The molecule has 1 aliphatic heterocycles. The minimum atomic E-state index is -0.818. The summed E-state index contributed by atoms with van der Waals surface area (Å²) in [4.78, 5) is 13.1. The zero-order chi connectivity index (χ0) is 21.2. The molecule has 3 N–H and O–H groups in total. The molecule has 3 rings (SSSR count). The topological polar surface area (TPSA) is 85.8 Å². The summed E-state index contributed by atoms with van der Waals surface area (Å²) >= 11 is 0. The lowest BCUT2D eigenvalue weighted by Gasteiger charge is -2.26. The average Bonchev–Trinajstić information content (AvgIpc) is 3.06. The Hall–Kier alpha value is -3.00. The number of benzene rings is 1. The summed E-state index contributed by atoms with van der Waals surface area (Å²) in [5.41, 5.74) is 2.96. The fourth-order valence-corrected chi connectivity index (χ4v) is 3.28. The zero-order valence-electron chi connectivity index (χ0n) is 17.9. The lowest BCUT2D eigenvalue weighted by molar-refractivity contribution is 0.0884. The molecule has 0 spiro atoms. The van der Waals surface area contributed by atoms with E-state index in [-0.39, 0.29) is 0 Å². The Kier molecular flexibility index (Phi) is 5.83. The fraction of sp³-hybridized carbons (Fsp3) is 0.429. The summed E-state index contributed by atoms with van der Waals surface area (Å²) in [6, 6.07) is 7.82. The molecule has 1 aliphatic rings. The number of anilines is 4. The van der Waals surface area contributed by atoms with Crippen LogP contribution in [0, 0.1) is 6.92 Å². The summed E-state index contributed by atoms with van der Waals surface area (Å²) in [5, 5.41) is 16.6. The molecule has 0 bridgehead atoms. The van der Waals surface area contributed by atoms with Crippen molar-refractivity contribution in [3.8, 4) is 5.75 Å². The third-order valence-corrected chi connectivity index (χ3v) is 4.48. The number of allylic oxidation sites excluding steroid dienone is 1. The molecule has 2 aromatic rings. The quantitative estimate of drug-likeness (QED) is 0.656. The Morgan fingerprint density at radius 2 is 2.03 bits per heavy atom. The smallest absolute Gasteiger partial charge is 0.229 e. The van der Waals surface area contributed by atoms with Gasteiger partial charge in [0.05, 0.1) is 25.1 Å². The van der Waals surface area contributed by atoms with Gasteiger partial charge >= 0.3 is 0 Å². The van der Waals surface area contributed by atoms with Gasteiger partial charge in [-0.15, -0.1) is 0 Å². The van der Waals surface area contributed by atoms with Crippen LogP contribution in [0.15, 0.2) is 36.2 Å². The third kappa shape index (κ3) is 5.29. The van der Waals surface area contributed by atoms with Crippen molar-refractivity contribution in [3.05, 3.63) is 41.9 Å². The normalized spacial score (nSPS) is 13.8. The van der Waals surface area contributed by atoms with Crippen molar-refractivity contribution in [2.45, 2.75) is 33.3 Å². The number of nitrogens with one attached hydrogen (secondary N) is 2. The van der Waals surface area contributed by atoms with Crippen molar-refractivity contribution < 1.29 is 9.84 Å². The van der Waals surface area contributed by atoms with E-state index < -0.39 is 5.60 Å². The molecule has 2 heterocycles. The van der Waals surface area contributed by atoms with Crippen LogP contribution in [0.3, 0.4) is 0 Å². The Labute approximate surface area is 172 Å². The first kappa shape index (κ1) is 20.7. The molecule has 0 saturated carbocycles. The molecule has 1 aromatic heterocycles. The van der Waals surface area contributed by atoms with E-state index in [1.165, 1.54) is 0 Å². The highest BCUT2D eigenvalue weighted by Gasteiger charge is 2.18. The van der Waals surface area contributed by atoms with Crippen molar-refractivity contribution >= 4 is 23.1 Å². The summed E-state index contributed by atoms with van der Waals surface area (Å²) in [6.07, 6.45) is 2.05. The van der Waals surface area contributed by atoms with Gasteiger partial charge in [-0.25, -0.2) is 4.98 Å². The van der Waals surface area contributed by atoms with Gasteiger partial charge in [-0.3, -0.25) is 0 Å². The number of nitrogens with zero attached hydrogens (tertiary/aromatic N) is 4. The maximum atomic E-state index is 10.1. The number of hydrogen-bond acceptors (Lipinski definition) is 8. The van der Waals surface area contributed by atoms with Crippen LogP contribution in [0.1, 0.15) is 26.5 Å². The van der Waals surface area contributed by atoms with Crippen molar-refractivity contribution in [1.82, 2.24) is 15.3 Å². The second-order valence-corrected chi connectivity index (χ2v) is 7.99. The van der Waals surface area contributed by atoms with Gasteiger partial charge in [-0.2, -0.15) is 4.98 Å². The van der Waals surface area contributed by atoms with Gasteiger partial charge in [-0.05, 0) is 39.8 Å². The van der Waals surface area contributed by atoms with E-state index >= 15 is 0 Å². The molecule has 0 saturated heterocycles. The van der Waals surface area contributed by atoms with Gasteiger partial charge in [0.15, 0.2) is 0 Å². The molecule has 156 valence electrons. The van der Waals surface area contributed by atoms with E-state index in [4.69, 9.17) is 4.74 Å². The number of methoxy groups -OCH3 is 1. The lowest BCUT2D eigenvalue weighted by Crippen LogP contribution is -2.36. The minimum absolute atomic E-state index is 0.461. The van der Waals surface area contributed by atoms with Crippen LogP contribution in [0.25, 0.3) is 0 Å². The molecule has 0 aliphatic carbocycles. The van der Waals surface area contributed by atoms with E-state index in [1.807, 2.05) is 50.1 Å². The Balaban J connectivity index is 1.82. The molecule has 29 heavy (non-hydrogen) atoms. The predicted molar refractivity (Wildman–Crippen MR) is 117 cm³/mol. The maximum Gasteiger partial charge on any atom is 0.229 e. The van der Waals surface area contributed by atoms with E-state index in [1.54, 1.807) is 21.0 Å². The molecule has 8 nitrogen and oxygen atoms in total. The van der Waals surface area contributed by atoms with Gasteiger partial charge in [0, 0.05) is 49.0 Å². The number of ether oxygens (including phenoxy) is 1. The fourth-order valence-electron chi connectivity index (χ4n) is 3.28. The number of likely N-dealkylation sites (N-methyl/N-ethyl adjacent to an activating group) is 1. The maximum absolute atomic E-state index is 10.1. The van der Waals surface area contributed by atoms with Gasteiger partial charge in [0.2, 0.25) is 5.95 Å². The first-order valence-corrected chi connectivity index (χ1v) is 9.58. The summed E-state index contributed by atoms with van der Waals surface area (Å²) in [5.74, 6) is 2.00. The molecule has 0 fully saturated rings. The number of hydrogen-bond donors (Lipinski definition) is 3. The molecule has 1 aromatic carbocycles. The minimum Gasteiger partial charge on any atom is -0.494 e. The second kappa shape index (κ2) is 8.16. The summed E-state index contributed by atoms with van der Waals surface area (Å²) in [6.45, 7) is 8.68.